The number of pyridine rings is 1. The van der Waals surface area contributed by atoms with E-state index in [9.17, 15) is 9.18 Å². The summed E-state index contributed by atoms with van der Waals surface area (Å²) in [5, 5.41) is 8.94. The molecule has 156 valence electrons. The average molecular weight is 400 g/mol. The lowest BCUT2D eigenvalue weighted by molar-refractivity contribution is 0.0696. The second-order valence-corrected chi connectivity index (χ2v) is 8.97. The number of carbonyl (C=O) groups is 1. The summed E-state index contributed by atoms with van der Waals surface area (Å²) < 4.78 is 20.1. The Labute approximate surface area is 171 Å². The fourth-order valence-electron chi connectivity index (χ4n) is 3.68. The summed E-state index contributed by atoms with van der Waals surface area (Å²) in [5.41, 5.74) is 0.958. The number of halogens is 1. The Bertz CT molecular complexity index is 838. The fraction of sp³-hybridized carbons (Fsp3) is 0.478. The Morgan fingerprint density at radius 1 is 1.24 bits per heavy atom. The Balaban J connectivity index is 1.52. The highest BCUT2D eigenvalue weighted by Crippen LogP contribution is 2.25. The van der Waals surface area contributed by atoms with Gasteiger partial charge in [0.2, 0.25) is 0 Å². The largest absolute Gasteiger partial charge is 0.492 e. The second-order valence-electron chi connectivity index (χ2n) is 8.97. The van der Waals surface area contributed by atoms with Crippen LogP contribution in [0.4, 0.5) is 4.39 Å². The molecule has 0 unspecified atom stereocenters. The van der Waals surface area contributed by atoms with Crippen LogP contribution in [0.3, 0.4) is 0 Å². The van der Waals surface area contributed by atoms with Crippen molar-refractivity contribution in [2.24, 2.45) is 11.3 Å². The molecule has 6 heteroatoms. The van der Waals surface area contributed by atoms with Crippen molar-refractivity contribution in [1.82, 2.24) is 9.88 Å². The molecule has 0 saturated carbocycles. The van der Waals surface area contributed by atoms with Gasteiger partial charge in [-0.3, -0.25) is 4.98 Å². The highest BCUT2D eigenvalue weighted by atomic mass is 19.1. The van der Waals surface area contributed by atoms with E-state index in [1.165, 1.54) is 12.1 Å². The molecular formula is C23H29FN2O3. The third-order valence-corrected chi connectivity index (χ3v) is 5.12. The van der Waals surface area contributed by atoms with Gasteiger partial charge in [-0.05, 0) is 67.6 Å². The van der Waals surface area contributed by atoms with E-state index in [-0.39, 0.29) is 11.1 Å². The number of carboxylic acid groups (broad SMARTS) is 1. The topological polar surface area (TPSA) is 62.7 Å². The Kier molecular flexibility index (Phi) is 6.52. The average Bonchev–Trinajstić information content (AvgIpc) is 2.66. The molecule has 29 heavy (non-hydrogen) atoms. The zero-order valence-electron chi connectivity index (χ0n) is 17.3. The number of ether oxygens (including phenoxy) is 1. The summed E-state index contributed by atoms with van der Waals surface area (Å²) in [6.07, 6.45) is 3.85. The van der Waals surface area contributed by atoms with E-state index < -0.39 is 11.8 Å². The Hall–Kier alpha value is -2.47. The molecule has 0 amide bonds. The van der Waals surface area contributed by atoms with Gasteiger partial charge in [0.25, 0.3) is 0 Å². The number of carboxylic acids is 1. The first-order valence-electron chi connectivity index (χ1n) is 10.1. The van der Waals surface area contributed by atoms with Gasteiger partial charge in [0.05, 0.1) is 24.1 Å². The molecule has 0 aliphatic carbocycles. The SMILES string of the molecule is CC(C)(C)CN1CCC(COc2ccc(-c3ccc(C(=O)O)cc3F)nc2)CC1. The molecule has 0 bridgehead atoms. The van der Waals surface area contributed by atoms with Crippen LogP contribution in [0.1, 0.15) is 44.0 Å². The van der Waals surface area contributed by atoms with Crippen LogP contribution >= 0.6 is 0 Å². The molecule has 5 nitrogen and oxygen atoms in total. The number of hydrogen-bond acceptors (Lipinski definition) is 4. The maximum Gasteiger partial charge on any atom is 0.335 e. The van der Waals surface area contributed by atoms with Crippen molar-refractivity contribution >= 4 is 5.97 Å². The van der Waals surface area contributed by atoms with Crippen LogP contribution in [0.25, 0.3) is 11.3 Å². The molecule has 1 aromatic carbocycles. The maximum atomic E-state index is 14.2. The number of benzene rings is 1. The predicted molar refractivity (Wildman–Crippen MR) is 111 cm³/mol. The summed E-state index contributed by atoms with van der Waals surface area (Å²) in [4.78, 5) is 17.7. The third-order valence-electron chi connectivity index (χ3n) is 5.12. The van der Waals surface area contributed by atoms with E-state index in [1.54, 1.807) is 18.3 Å². The maximum absolute atomic E-state index is 14.2. The normalized spacial score (nSPS) is 16.0. The molecule has 0 radical (unpaired) electrons. The molecule has 2 heterocycles. The molecule has 1 fully saturated rings. The van der Waals surface area contributed by atoms with E-state index in [4.69, 9.17) is 9.84 Å². The first-order valence-corrected chi connectivity index (χ1v) is 10.1. The number of piperidine rings is 1. The monoisotopic (exact) mass is 400 g/mol. The lowest BCUT2D eigenvalue weighted by atomic mass is 9.92. The summed E-state index contributed by atoms with van der Waals surface area (Å²) in [6.45, 7) is 10.8. The number of aromatic carboxylic acids is 1. The Morgan fingerprint density at radius 2 is 1.97 bits per heavy atom. The fourth-order valence-corrected chi connectivity index (χ4v) is 3.68. The highest BCUT2D eigenvalue weighted by molar-refractivity contribution is 5.88. The van der Waals surface area contributed by atoms with Gasteiger partial charge in [-0.1, -0.05) is 20.8 Å². The first kappa shape index (κ1) is 21.2. The minimum Gasteiger partial charge on any atom is -0.492 e. The molecule has 3 rings (SSSR count). The third kappa shape index (κ3) is 6.00. The molecule has 1 saturated heterocycles. The van der Waals surface area contributed by atoms with Crippen LogP contribution in [-0.2, 0) is 0 Å². The molecule has 1 aliphatic rings. The number of nitrogens with zero attached hydrogens (tertiary/aromatic N) is 2. The van der Waals surface area contributed by atoms with Gasteiger partial charge in [-0.2, -0.15) is 0 Å². The number of likely N-dealkylation sites (tertiary alicyclic amines) is 1. The Morgan fingerprint density at radius 3 is 2.52 bits per heavy atom. The van der Waals surface area contributed by atoms with Gasteiger partial charge in [0.1, 0.15) is 11.6 Å². The van der Waals surface area contributed by atoms with Crippen LogP contribution in [0.5, 0.6) is 5.75 Å². The minimum atomic E-state index is -1.16. The number of hydrogen-bond donors (Lipinski definition) is 1. The smallest absolute Gasteiger partial charge is 0.335 e. The number of rotatable bonds is 6. The van der Waals surface area contributed by atoms with Crippen molar-refractivity contribution in [2.75, 3.05) is 26.2 Å². The van der Waals surface area contributed by atoms with E-state index in [0.717, 1.165) is 38.5 Å². The van der Waals surface area contributed by atoms with Crippen LogP contribution in [0, 0.1) is 17.2 Å². The van der Waals surface area contributed by atoms with Crippen molar-refractivity contribution in [3.8, 4) is 17.0 Å². The molecule has 1 aliphatic heterocycles. The van der Waals surface area contributed by atoms with Crippen molar-refractivity contribution in [3.63, 3.8) is 0 Å². The highest BCUT2D eigenvalue weighted by Gasteiger charge is 2.23. The quantitative estimate of drug-likeness (QED) is 0.760. The summed E-state index contributed by atoms with van der Waals surface area (Å²) in [6, 6.07) is 7.30. The predicted octanol–water partition coefficient (Wildman–Crippen LogP) is 4.72. The van der Waals surface area contributed by atoms with Gasteiger partial charge in [-0.25, -0.2) is 9.18 Å². The van der Waals surface area contributed by atoms with Crippen LogP contribution in [0.15, 0.2) is 36.5 Å². The van der Waals surface area contributed by atoms with Crippen LogP contribution in [-0.4, -0.2) is 47.2 Å². The van der Waals surface area contributed by atoms with E-state index >= 15 is 0 Å². The lowest BCUT2D eigenvalue weighted by Crippen LogP contribution is -2.40. The molecular weight excluding hydrogens is 371 g/mol. The van der Waals surface area contributed by atoms with Crippen LogP contribution in [0.2, 0.25) is 0 Å². The molecule has 0 spiro atoms. The van der Waals surface area contributed by atoms with Gasteiger partial charge in [0, 0.05) is 12.1 Å². The van der Waals surface area contributed by atoms with Gasteiger partial charge in [0.15, 0.2) is 0 Å². The van der Waals surface area contributed by atoms with Crippen LogP contribution < -0.4 is 4.74 Å². The molecule has 1 aromatic heterocycles. The van der Waals surface area contributed by atoms with Gasteiger partial charge in [-0.15, -0.1) is 0 Å². The van der Waals surface area contributed by atoms with Crippen molar-refractivity contribution in [1.29, 1.82) is 0 Å². The minimum absolute atomic E-state index is 0.0836. The van der Waals surface area contributed by atoms with Gasteiger partial charge < -0.3 is 14.7 Å². The second kappa shape index (κ2) is 8.91. The van der Waals surface area contributed by atoms with E-state index in [1.807, 2.05) is 0 Å². The lowest BCUT2D eigenvalue weighted by Gasteiger charge is -2.35. The summed E-state index contributed by atoms with van der Waals surface area (Å²) in [7, 11) is 0. The zero-order chi connectivity index (χ0) is 21.0. The summed E-state index contributed by atoms with van der Waals surface area (Å²) >= 11 is 0. The standard InChI is InChI=1S/C23H29FN2O3/c1-23(2,3)15-26-10-8-16(9-11-26)14-29-18-5-7-21(25-13-18)19-6-4-17(22(27)28)12-20(19)24/h4-7,12-13,16H,8-11,14-15H2,1-3H3,(H,27,28). The van der Waals surface area contributed by atoms with E-state index in [0.29, 0.717) is 29.4 Å². The number of aromatic nitrogens is 1. The summed E-state index contributed by atoms with van der Waals surface area (Å²) in [5.74, 6) is -0.565. The van der Waals surface area contributed by atoms with E-state index in [2.05, 4.69) is 30.7 Å². The van der Waals surface area contributed by atoms with Crippen molar-refractivity contribution in [3.05, 3.63) is 47.9 Å². The van der Waals surface area contributed by atoms with Crippen molar-refractivity contribution in [2.45, 2.75) is 33.6 Å². The molecule has 2 aromatic rings. The van der Waals surface area contributed by atoms with Gasteiger partial charge >= 0.3 is 5.97 Å². The zero-order valence-corrected chi connectivity index (χ0v) is 17.3. The first-order chi connectivity index (χ1) is 13.7. The van der Waals surface area contributed by atoms with Crippen molar-refractivity contribution < 1.29 is 19.0 Å². The molecule has 1 N–H and O–H groups in total. The molecule has 0 atom stereocenters.